The van der Waals surface area contributed by atoms with Crippen LogP contribution in [0.3, 0.4) is 0 Å². The maximum atomic E-state index is 14.2. The van der Waals surface area contributed by atoms with Gasteiger partial charge in [0.25, 0.3) is 0 Å². The van der Waals surface area contributed by atoms with Gasteiger partial charge >= 0.3 is 5.69 Å². The number of aryl methyl sites for hydroxylation is 1. The first kappa shape index (κ1) is 14.0. The minimum Gasteiger partial charge on any atom is -0.320 e. The van der Waals surface area contributed by atoms with Crippen LogP contribution in [0.25, 0.3) is 11.0 Å². The third kappa shape index (κ3) is 2.41. The molecule has 1 unspecified atom stereocenters. The summed E-state index contributed by atoms with van der Waals surface area (Å²) in [5, 5.41) is 0. The van der Waals surface area contributed by atoms with Crippen molar-refractivity contribution in [3.63, 3.8) is 0 Å². The molecule has 0 spiro atoms. The fourth-order valence-electron chi connectivity index (χ4n) is 2.39. The summed E-state index contributed by atoms with van der Waals surface area (Å²) in [6, 6.07) is 8.04. The number of fused-ring (bicyclic) bond motifs is 1. The van der Waals surface area contributed by atoms with Gasteiger partial charge in [-0.15, -0.1) is 0 Å². The lowest BCUT2D eigenvalue weighted by atomic mass is 9.97. The summed E-state index contributed by atoms with van der Waals surface area (Å²) in [6.45, 7) is 1.70. The van der Waals surface area contributed by atoms with Gasteiger partial charge in [0.2, 0.25) is 0 Å². The second-order valence-corrected chi connectivity index (χ2v) is 5.81. The molecule has 4 nitrogen and oxygen atoms in total. The van der Waals surface area contributed by atoms with Gasteiger partial charge in [0.1, 0.15) is 5.82 Å². The second-order valence-electron chi connectivity index (χ2n) is 4.95. The summed E-state index contributed by atoms with van der Waals surface area (Å²) >= 11 is 3.43. The highest BCUT2D eigenvalue weighted by molar-refractivity contribution is 9.10. The topological polar surface area (TPSA) is 74.7 Å². The number of halogens is 2. The normalized spacial score (nSPS) is 12.8. The first-order chi connectivity index (χ1) is 9.97. The highest BCUT2D eigenvalue weighted by atomic mass is 79.9. The van der Waals surface area contributed by atoms with Crippen molar-refractivity contribution in [1.29, 1.82) is 0 Å². The van der Waals surface area contributed by atoms with E-state index in [9.17, 15) is 9.18 Å². The number of imidazole rings is 1. The minimum absolute atomic E-state index is 0.288. The molecule has 0 bridgehead atoms. The van der Waals surface area contributed by atoms with E-state index in [1.807, 2.05) is 0 Å². The fraction of sp³-hybridized carbons (Fsp3) is 0.133. The van der Waals surface area contributed by atoms with Crippen LogP contribution in [0, 0.1) is 12.7 Å². The van der Waals surface area contributed by atoms with Crippen LogP contribution in [-0.2, 0) is 0 Å². The molecule has 0 amide bonds. The number of nitrogens with one attached hydrogen (secondary N) is 2. The fourth-order valence-corrected chi connectivity index (χ4v) is 2.98. The van der Waals surface area contributed by atoms with E-state index in [0.717, 1.165) is 4.47 Å². The zero-order chi connectivity index (χ0) is 15.1. The molecule has 0 aliphatic heterocycles. The molecular formula is C15H13BrFN3O. The molecule has 21 heavy (non-hydrogen) atoms. The first-order valence-corrected chi connectivity index (χ1v) is 7.18. The Morgan fingerprint density at radius 1 is 1.19 bits per heavy atom. The average molecular weight is 350 g/mol. The van der Waals surface area contributed by atoms with Gasteiger partial charge in [-0.1, -0.05) is 34.1 Å². The molecule has 0 aliphatic carbocycles. The number of benzene rings is 2. The summed E-state index contributed by atoms with van der Waals surface area (Å²) in [7, 11) is 0. The van der Waals surface area contributed by atoms with Crippen LogP contribution in [0.4, 0.5) is 4.39 Å². The second kappa shape index (κ2) is 5.13. The average Bonchev–Trinajstić information content (AvgIpc) is 2.79. The highest BCUT2D eigenvalue weighted by Crippen LogP contribution is 2.31. The van der Waals surface area contributed by atoms with E-state index in [2.05, 4.69) is 25.9 Å². The molecule has 0 aliphatic rings. The SMILES string of the molecule is Cc1cccc(C(N)c2cc3[nH]c(=O)[nH]c3cc2Br)c1F. The van der Waals surface area contributed by atoms with Gasteiger partial charge in [-0.05, 0) is 30.2 Å². The predicted molar refractivity (Wildman–Crippen MR) is 83.8 cm³/mol. The molecule has 0 saturated heterocycles. The number of rotatable bonds is 2. The Morgan fingerprint density at radius 3 is 2.57 bits per heavy atom. The third-order valence-electron chi connectivity index (χ3n) is 3.53. The summed E-state index contributed by atoms with van der Waals surface area (Å²) in [6.07, 6.45) is 0. The van der Waals surface area contributed by atoms with Crippen LogP contribution in [0.1, 0.15) is 22.7 Å². The molecule has 1 aromatic heterocycles. The highest BCUT2D eigenvalue weighted by Gasteiger charge is 2.18. The van der Waals surface area contributed by atoms with E-state index in [-0.39, 0.29) is 11.5 Å². The molecule has 6 heteroatoms. The lowest BCUT2D eigenvalue weighted by Gasteiger charge is -2.16. The lowest BCUT2D eigenvalue weighted by molar-refractivity contribution is 0.591. The van der Waals surface area contributed by atoms with Crippen molar-refractivity contribution in [2.24, 2.45) is 5.73 Å². The predicted octanol–water partition coefficient (Wildman–Crippen LogP) is 3.11. The van der Waals surface area contributed by atoms with Gasteiger partial charge < -0.3 is 15.7 Å². The number of nitrogens with two attached hydrogens (primary N) is 1. The monoisotopic (exact) mass is 349 g/mol. The molecule has 1 heterocycles. The Balaban J connectivity index is 2.16. The Bertz CT molecular complexity index is 884. The number of aromatic amines is 2. The van der Waals surface area contributed by atoms with E-state index in [4.69, 9.17) is 5.73 Å². The Kier molecular flexibility index (Phi) is 3.43. The van der Waals surface area contributed by atoms with Crippen molar-refractivity contribution in [1.82, 2.24) is 9.97 Å². The van der Waals surface area contributed by atoms with Crippen LogP contribution in [0.15, 0.2) is 39.6 Å². The van der Waals surface area contributed by atoms with Crippen molar-refractivity contribution in [3.8, 4) is 0 Å². The van der Waals surface area contributed by atoms with Crippen LogP contribution in [-0.4, -0.2) is 9.97 Å². The standard InChI is InChI=1S/C15H13BrFN3O/c1-7-3-2-4-8(13(7)17)14(18)9-5-11-12(6-10(9)16)20-15(21)19-11/h2-6,14H,18H2,1H3,(H2,19,20,21). The van der Waals surface area contributed by atoms with Crippen LogP contribution >= 0.6 is 15.9 Å². The molecule has 3 rings (SSSR count). The summed E-state index contributed by atoms with van der Waals surface area (Å²) in [4.78, 5) is 16.7. The van der Waals surface area contributed by atoms with Crippen molar-refractivity contribution >= 4 is 27.0 Å². The Labute approximate surface area is 128 Å². The molecule has 108 valence electrons. The van der Waals surface area contributed by atoms with Crippen LogP contribution in [0.2, 0.25) is 0 Å². The third-order valence-corrected chi connectivity index (χ3v) is 4.21. The summed E-state index contributed by atoms with van der Waals surface area (Å²) in [5.74, 6) is -0.306. The quantitative estimate of drug-likeness (QED) is 0.664. The van der Waals surface area contributed by atoms with Gasteiger partial charge in [0.05, 0.1) is 17.1 Å². The van der Waals surface area contributed by atoms with Crippen molar-refractivity contribution in [2.75, 3.05) is 0 Å². The first-order valence-electron chi connectivity index (χ1n) is 6.39. The zero-order valence-corrected chi connectivity index (χ0v) is 12.8. The molecule has 3 aromatic rings. The number of hydrogen-bond donors (Lipinski definition) is 3. The number of hydrogen-bond acceptors (Lipinski definition) is 2. The number of aromatic nitrogens is 2. The zero-order valence-electron chi connectivity index (χ0n) is 11.2. The van der Waals surface area contributed by atoms with Gasteiger partial charge in [-0.25, -0.2) is 9.18 Å². The lowest BCUT2D eigenvalue weighted by Crippen LogP contribution is -2.15. The van der Waals surface area contributed by atoms with Gasteiger partial charge in [0.15, 0.2) is 0 Å². The van der Waals surface area contributed by atoms with Crippen molar-refractivity contribution in [3.05, 3.63) is 67.8 Å². The Morgan fingerprint density at radius 2 is 1.86 bits per heavy atom. The smallest absolute Gasteiger partial charge is 0.320 e. The van der Waals surface area contributed by atoms with Gasteiger partial charge in [0, 0.05) is 10.0 Å². The largest absolute Gasteiger partial charge is 0.323 e. The Hall–Kier alpha value is -1.92. The van der Waals surface area contributed by atoms with E-state index in [1.165, 1.54) is 0 Å². The maximum Gasteiger partial charge on any atom is 0.323 e. The molecular weight excluding hydrogens is 337 g/mol. The number of H-pyrrole nitrogens is 2. The minimum atomic E-state index is -0.623. The molecule has 2 aromatic carbocycles. The van der Waals surface area contributed by atoms with E-state index < -0.39 is 6.04 Å². The van der Waals surface area contributed by atoms with E-state index in [0.29, 0.717) is 27.7 Å². The van der Waals surface area contributed by atoms with Crippen LogP contribution in [0.5, 0.6) is 0 Å². The molecule has 0 fully saturated rings. The molecule has 0 saturated carbocycles. The van der Waals surface area contributed by atoms with Crippen molar-refractivity contribution < 1.29 is 4.39 Å². The molecule has 0 radical (unpaired) electrons. The molecule has 1 atom stereocenters. The summed E-state index contributed by atoms with van der Waals surface area (Å²) in [5.41, 5.74) is 8.92. The van der Waals surface area contributed by atoms with Gasteiger partial charge in [-0.2, -0.15) is 0 Å². The summed E-state index contributed by atoms with van der Waals surface area (Å²) < 4.78 is 14.9. The van der Waals surface area contributed by atoms with E-state index in [1.54, 1.807) is 37.3 Å². The maximum absolute atomic E-state index is 14.2. The molecule has 4 N–H and O–H groups in total. The van der Waals surface area contributed by atoms with Gasteiger partial charge in [-0.3, -0.25) is 0 Å². The van der Waals surface area contributed by atoms with Crippen molar-refractivity contribution in [2.45, 2.75) is 13.0 Å². The van der Waals surface area contributed by atoms with Crippen LogP contribution < -0.4 is 11.4 Å². The van der Waals surface area contributed by atoms with E-state index >= 15 is 0 Å².